The van der Waals surface area contributed by atoms with Crippen LogP contribution in [0.5, 0.6) is 0 Å². The van der Waals surface area contributed by atoms with Gasteiger partial charge >= 0.3 is 12.0 Å². The van der Waals surface area contributed by atoms with Crippen LogP contribution in [0.3, 0.4) is 0 Å². The lowest BCUT2D eigenvalue weighted by Gasteiger charge is -2.34. The fourth-order valence-electron chi connectivity index (χ4n) is 1.95. The maximum atomic E-state index is 11.8. The molecule has 0 aliphatic carbocycles. The quantitative estimate of drug-likeness (QED) is 0.689. The van der Waals surface area contributed by atoms with E-state index in [4.69, 9.17) is 9.84 Å². The topological polar surface area (TPSA) is 87.7 Å². The number of hydrogen-bond donors (Lipinski definition) is 3. The third-order valence-electron chi connectivity index (χ3n) is 3.26. The Kier molecular flexibility index (Phi) is 5.40. The molecule has 1 aliphatic rings. The molecule has 3 N–H and O–H groups in total. The molecule has 2 amide bonds. The van der Waals surface area contributed by atoms with Crippen LogP contribution in [0.2, 0.25) is 0 Å². The van der Waals surface area contributed by atoms with Crippen LogP contribution < -0.4 is 10.6 Å². The van der Waals surface area contributed by atoms with Gasteiger partial charge in [-0.15, -0.1) is 0 Å². The number of hydrogen-bond acceptors (Lipinski definition) is 3. The van der Waals surface area contributed by atoms with Crippen molar-refractivity contribution in [2.45, 2.75) is 51.1 Å². The van der Waals surface area contributed by atoms with Crippen molar-refractivity contribution in [3.63, 3.8) is 0 Å². The van der Waals surface area contributed by atoms with Gasteiger partial charge in [-0.3, -0.25) is 4.79 Å². The number of carbonyl (C=O) groups excluding carboxylic acids is 1. The minimum Gasteiger partial charge on any atom is -0.481 e. The van der Waals surface area contributed by atoms with Gasteiger partial charge in [-0.2, -0.15) is 0 Å². The molecule has 0 bridgehead atoms. The fourth-order valence-corrected chi connectivity index (χ4v) is 1.95. The van der Waals surface area contributed by atoms with Gasteiger partial charge in [0.15, 0.2) is 0 Å². The summed E-state index contributed by atoms with van der Waals surface area (Å²) in [5.41, 5.74) is -0.260. The molecule has 0 spiro atoms. The van der Waals surface area contributed by atoms with Crippen molar-refractivity contribution in [2.24, 2.45) is 0 Å². The number of carboxylic acid groups (broad SMARTS) is 1. The highest BCUT2D eigenvalue weighted by molar-refractivity contribution is 5.76. The SMILES string of the molecule is CCC(CC(=O)O)NC(=O)NC1(C)CCOCC1. The van der Waals surface area contributed by atoms with Gasteiger partial charge in [0.25, 0.3) is 0 Å². The van der Waals surface area contributed by atoms with Crippen LogP contribution in [0, 0.1) is 0 Å². The third kappa shape index (κ3) is 4.91. The first kappa shape index (κ1) is 14.8. The summed E-state index contributed by atoms with van der Waals surface area (Å²) in [7, 11) is 0. The first-order valence-corrected chi connectivity index (χ1v) is 6.33. The molecule has 1 atom stereocenters. The van der Waals surface area contributed by atoms with Crippen molar-refractivity contribution in [2.75, 3.05) is 13.2 Å². The predicted octanol–water partition coefficient (Wildman–Crippen LogP) is 1.11. The molecule has 1 fully saturated rings. The van der Waals surface area contributed by atoms with Crippen molar-refractivity contribution in [3.05, 3.63) is 0 Å². The minimum atomic E-state index is -0.903. The van der Waals surface area contributed by atoms with Gasteiger partial charge in [0.05, 0.1) is 6.42 Å². The normalized spacial score (nSPS) is 19.9. The number of nitrogens with one attached hydrogen (secondary N) is 2. The summed E-state index contributed by atoms with van der Waals surface area (Å²) in [6.07, 6.45) is 2.09. The zero-order valence-corrected chi connectivity index (χ0v) is 11.0. The van der Waals surface area contributed by atoms with Crippen molar-refractivity contribution in [1.29, 1.82) is 0 Å². The van der Waals surface area contributed by atoms with Crippen LogP contribution in [0.4, 0.5) is 4.79 Å². The highest BCUT2D eigenvalue weighted by atomic mass is 16.5. The first-order chi connectivity index (χ1) is 8.45. The molecule has 18 heavy (non-hydrogen) atoms. The third-order valence-corrected chi connectivity index (χ3v) is 3.26. The highest BCUT2D eigenvalue weighted by Crippen LogP contribution is 2.19. The van der Waals surface area contributed by atoms with Crippen LogP contribution in [0.15, 0.2) is 0 Å². The van der Waals surface area contributed by atoms with E-state index in [2.05, 4.69) is 10.6 Å². The maximum absolute atomic E-state index is 11.8. The number of carbonyl (C=O) groups is 2. The number of carboxylic acids is 1. The number of urea groups is 1. The maximum Gasteiger partial charge on any atom is 0.315 e. The smallest absolute Gasteiger partial charge is 0.315 e. The van der Waals surface area contributed by atoms with Crippen molar-refractivity contribution >= 4 is 12.0 Å². The Hall–Kier alpha value is -1.30. The number of aliphatic carboxylic acids is 1. The van der Waals surface area contributed by atoms with E-state index < -0.39 is 5.97 Å². The second-order valence-electron chi connectivity index (χ2n) is 4.97. The van der Waals surface area contributed by atoms with Crippen LogP contribution in [0.1, 0.15) is 39.5 Å². The van der Waals surface area contributed by atoms with Gasteiger partial charge in [0, 0.05) is 24.8 Å². The van der Waals surface area contributed by atoms with E-state index in [0.717, 1.165) is 12.8 Å². The first-order valence-electron chi connectivity index (χ1n) is 6.33. The Morgan fingerprint density at radius 1 is 1.39 bits per heavy atom. The number of amides is 2. The molecule has 0 aromatic carbocycles. The van der Waals surface area contributed by atoms with E-state index in [1.165, 1.54) is 0 Å². The number of rotatable bonds is 5. The van der Waals surface area contributed by atoms with Crippen LogP contribution in [0.25, 0.3) is 0 Å². The number of ether oxygens (including phenoxy) is 1. The summed E-state index contributed by atoms with van der Waals surface area (Å²) >= 11 is 0. The van der Waals surface area contributed by atoms with E-state index in [1.807, 2.05) is 13.8 Å². The Bertz CT molecular complexity index is 300. The summed E-state index contributed by atoms with van der Waals surface area (Å²) in [4.78, 5) is 22.4. The molecule has 0 saturated carbocycles. The van der Waals surface area contributed by atoms with Gasteiger partial charge < -0.3 is 20.5 Å². The average Bonchev–Trinajstić information content (AvgIpc) is 2.27. The van der Waals surface area contributed by atoms with Gasteiger partial charge in [0.2, 0.25) is 0 Å². The van der Waals surface area contributed by atoms with Crippen molar-refractivity contribution in [3.8, 4) is 0 Å². The van der Waals surface area contributed by atoms with E-state index in [-0.39, 0.29) is 24.0 Å². The second kappa shape index (κ2) is 6.58. The molecule has 1 unspecified atom stereocenters. The largest absolute Gasteiger partial charge is 0.481 e. The summed E-state index contributed by atoms with van der Waals surface area (Å²) in [6.45, 7) is 5.11. The van der Waals surface area contributed by atoms with Gasteiger partial charge in [0.1, 0.15) is 0 Å². The molecular weight excluding hydrogens is 236 g/mol. The molecule has 1 heterocycles. The summed E-state index contributed by atoms with van der Waals surface area (Å²) < 4.78 is 5.25. The van der Waals surface area contributed by atoms with Gasteiger partial charge in [-0.1, -0.05) is 6.92 Å². The van der Waals surface area contributed by atoms with Gasteiger partial charge in [-0.25, -0.2) is 4.79 Å². The van der Waals surface area contributed by atoms with Crippen LogP contribution >= 0.6 is 0 Å². The molecule has 1 saturated heterocycles. The standard InChI is InChI=1S/C12H22N2O4/c1-3-9(8-10(15)16)13-11(17)14-12(2)4-6-18-7-5-12/h9H,3-8H2,1-2H3,(H,15,16)(H2,13,14,17). The average molecular weight is 258 g/mol. The Morgan fingerprint density at radius 2 is 2.00 bits per heavy atom. The Morgan fingerprint density at radius 3 is 2.50 bits per heavy atom. The van der Waals surface area contributed by atoms with Gasteiger partial charge in [-0.05, 0) is 26.2 Å². The molecule has 0 aromatic heterocycles. The van der Waals surface area contributed by atoms with E-state index in [9.17, 15) is 9.59 Å². The molecule has 6 nitrogen and oxygen atoms in total. The summed E-state index contributed by atoms with van der Waals surface area (Å²) in [5, 5.41) is 14.3. The monoisotopic (exact) mass is 258 g/mol. The van der Waals surface area contributed by atoms with Crippen LogP contribution in [-0.2, 0) is 9.53 Å². The van der Waals surface area contributed by atoms with Crippen molar-refractivity contribution < 1.29 is 19.4 Å². The van der Waals surface area contributed by atoms with E-state index in [0.29, 0.717) is 19.6 Å². The molecule has 0 radical (unpaired) electrons. The zero-order valence-electron chi connectivity index (χ0n) is 11.0. The van der Waals surface area contributed by atoms with Crippen LogP contribution in [-0.4, -0.2) is 41.9 Å². The zero-order chi connectivity index (χ0) is 13.6. The lowest BCUT2D eigenvalue weighted by atomic mass is 9.93. The molecular formula is C12H22N2O4. The lowest BCUT2D eigenvalue weighted by Crippen LogP contribution is -2.54. The Balaban J connectivity index is 2.41. The Labute approximate surface area is 107 Å². The second-order valence-corrected chi connectivity index (χ2v) is 4.97. The fraction of sp³-hybridized carbons (Fsp3) is 0.833. The highest BCUT2D eigenvalue weighted by Gasteiger charge is 2.29. The summed E-state index contributed by atoms with van der Waals surface area (Å²) in [5.74, 6) is -0.903. The molecule has 1 rings (SSSR count). The lowest BCUT2D eigenvalue weighted by molar-refractivity contribution is -0.137. The molecule has 1 aliphatic heterocycles. The minimum absolute atomic E-state index is 0.0518. The predicted molar refractivity (Wildman–Crippen MR) is 66.5 cm³/mol. The molecule has 6 heteroatoms. The summed E-state index contributed by atoms with van der Waals surface area (Å²) in [6, 6.07) is -0.626. The molecule has 104 valence electrons. The van der Waals surface area contributed by atoms with E-state index in [1.54, 1.807) is 0 Å². The molecule has 0 aromatic rings. The van der Waals surface area contributed by atoms with E-state index >= 15 is 0 Å². The van der Waals surface area contributed by atoms with Crippen molar-refractivity contribution in [1.82, 2.24) is 10.6 Å².